The van der Waals surface area contributed by atoms with Gasteiger partial charge < -0.3 is 9.80 Å². The lowest BCUT2D eigenvalue weighted by Crippen LogP contribution is -2.49. The first-order valence-electron chi connectivity index (χ1n) is 9.36. The van der Waals surface area contributed by atoms with Crippen molar-refractivity contribution in [2.45, 2.75) is 0 Å². The monoisotopic (exact) mass is 423 g/mol. The Morgan fingerprint density at radius 2 is 1.81 bits per heavy atom. The van der Waals surface area contributed by atoms with E-state index in [1.54, 1.807) is 11.0 Å². The zero-order valence-corrected chi connectivity index (χ0v) is 16.1. The van der Waals surface area contributed by atoms with Crippen molar-refractivity contribution >= 4 is 28.3 Å². The summed E-state index contributed by atoms with van der Waals surface area (Å²) >= 11 is 0. The molecule has 0 atom stereocenters. The molecule has 1 aromatic heterocycles. The molecule has 0 bridgehead atoms. The number of carbonyl (C=O) groups excluding carboxylic acids is 1. The van der Waals surface area contributed by atoms with Crippen molar-refractivity contribution in [3.63, 3.8) is 0 Å². The molecular formula is C21H15F2N5O3. The first-order chi connectivity index (χ1) is 14.9. The van der Waals surface area contributed by atoms with Gasteiger partial charge in [0.05, 0.1) is 22.1 Å². The molecule has 3 aromatic rings. The maximum Gasteiger partial charge on any atom is 0.270 e. The van der Waals surface area contributed by atoms with Crippen LogP contribution in [0.15, 0.2) is 42.5 Å². The van der Waals surface area contributed by atoms with E-state index in [4.69, 9.17) is 0 Å². The quantitative estimate of drug-likeness (QED) is 0.473. The molecule has 8 nitrogen and oxygen atoms in total. The third kappa shape index (κ3) is 3.85. The molecule has 1 aliphatic rings. The largest absolute Gasteiger partial charge is 0.353 e. The second kappa shape index (κ2) is 7.95. The Balaban J connectivity index is 1.53. The molecule has 0 saturated carbocycles. The van der Waals surface area contributed by atoms with Gasteiger partial charge in [0.1, 0.15) is 5.82 Å². The number of amides is 1. The number of nitriles is 1. The molecule has 31 heavy (non-hydrogen) atoms. The van der Waals surface area contributed by atoms with Crippen LogP contribution in [0.2, 0.25) is 0 Å². The normalized spacial score (nSPS) is 13.8. The van der Waals surface area contributed by atoms with E-state index in [1.165, 1.54) is 24.3 Å². The predicted octanol–water partition coefficient (Wildman–Crippen LogP) is 3.26. The van der Waals surface area contributed by atoms with E-state index in [-0.39, 0.29) is 16.8 Å². The Kier molecular flexibility index (Phi) is 5.17. The molecule has 10 heteroatoms. The lowest BCUT2D eigenvalue weighted by molar-refractivity contribution is -0.384. The summed E-state index contributed by atoms with van der Waals surface area (Å²) in [6.45, 7) is 1.51. The number of rotatable bonds is 3. The van der Waals surface area contributed by atoms with E-state index in [2.05, 4.69) is 11.1 Å². The predicted molar refractivity (Wildman–Crippen MR) is 108 cm³/mol. The van der Waals surface area contributed by atoms with Crippen LogP contribution in [-0.2, 0) is 0 Å². The number of nitrogens with zero attached hydrogens (tertiary/aromatic N) is 5. The van der Waals surface area contributed by atoms with Crippen molar-refractivity contribution in [2.75, 3.05) is 31.1 Å². The number of anilines is 1. The fourth-order valence-electron chi connectivity index (χ4n) is 3.52. The number of piperazine rings is 1. The molecule has 1 amide bonds. The minimum Gasteiger partial charge on any atom is -0.353 e. The minimum atomic E-state index is -1.07. The fraction of sp³-hybridized carbons (Fsp3) is 0.190. The van der Waals surface area contributed by atoms with E-state index in [0.29, 0.717) is 42.9 Å². The Labute approximate surface area is 175 Å². The summed E-state index contributed by atoms with van der Waals surface area (Å²) in [7, 11) is 0. The summed E-state index contributed by atoms with van der Waals surface area (Å²) in [6.07, 6.45) is 0. The highest BCUT2D eigenvalue weighted by Gasteiger charge is 2.24. The molecule has 1 saturated heterocycles. The van der Waals surface area contributed by atoms with Crippen molar-refractivity contribution in [3.05, 3.63) is 75.3 Å². The average Bonchev–Trinajstić information content (AvgIpc) is 2.79. The van der Waals surface area contributed by atoms with E-state index >= 15 is 0 Å². The molecule has 1 fully saturated rings. The van der Waals surface area contributed by atoms with Crippen LogP contribution in [0.3, 0.4) is 0 Å². The van der Waals surface area contributed by atoms with Gasteiger partial charge in [-0.05, 0) is 30.3 Å². The van der Waals surface area contributed by atoms with Gasteiger partial charge in [-0.15, -0.1) is 0 Å². The van der Waals surface area contributed by atoms with Gasteiger partial charge in [0.2, 0.25) is 0 Å². The Hall–Kier alpha value is -4.13. The first kappa shape index (κ1) is 20.2. The van der Waals surface area contributed by atoms with Crippen molar-refractivity contribution in [2.24, 2.45) is 0 Å². The number of nitro groups is 1. The van der Waals surface area contributed by atoms with E-state index in [0.717, 1.165) is 12.1 Å². The van der Waals surface area contributed by atoms with Crippen molar-refractivity contribution in [1.82, 2.24) is 9.88 Å². The Morgan fingerprint density at radius 3 is 2.45 bits per heavy atom. The van der Waals surface area contributed by atoms with Gasteiger partial charge in [-0.2, -0.15) is 5.26 Å². The van der Waals surface area contributed by atoms with Gasteiger partial charge in [0, 0.05) is 49.3 Å². The van der Waals surface area contributed by atoms with Crippen LogP contribution in [0.5, 0.6) is 0 Å². The van der Waals surface area contributed by atoms with Crippen LogP contribution in [0.25, 0.3) is 10.9 Å². The highest BCUT2D eigenvalue weighted by atomic mass is 19.2. The number of aromatic nitrogens is 1. The van der Waals surface area contributed by atoms with E-state index < -0.39 is 22.5 Å². The van der Waals surface area contributed by atoms with Gasteiger partial charge in [-0.3, -0.25) is 14.9 Å². The van der Waals surface area contributed by atoms with Gasteiger partial charge in [0.25, 0.3) is 11.6 Å². The second-order valence-corrected chi connectivity index (χ2v) is 7.01. The average molecular weight is 423 g/mol. The van der Waals surface area contributed by atoms with Crippen LogP contribution in [0.4, 0.5) is 20.3 Å². The van der Waals surface area contributed by atoms with Gasteiger partial charge in [-0.1, -0.05) is 0 Å². The van der Waals surface area contributed by atoms with Gasteiger partial charge in [-0.25, -0.2) is 13.8 Å². The summed E-state index contributed by atoms with van der Waals surface area (Å²) in [5, 5.41) is 20.9. The second-order valence-electron chi connectivity index (χ2n) is 7.01. The molecule has 0 spiro atoms. The fourth-order valence-corrected chi connectivity index (χ4v) is 3.52. The third-order valence-corrected chi connectivity index (χ3v) is 5.17. The summed E-state index contributed by atoms with van der Waals surface area (Å²) in [6, 6.07) is 10.8. The maximum absolute atomic E-state index is 13.4. The SMILES string of the molecule is N#Cc1cc(N2CCN(C(=O)c3ccc(F)c(F)c3)CC2)nc2ccc([N+](=O)[O-])cc12. The molecular weight excluding hydrogens is 408 g/mol. The summed E-state index contributed by atoms with van der Waals surface area (Å²) < 4.78 is 26.5. The summed E-state index contributed by atoms with van der Waals surface area (Å²) in [5.41, 5.74) is 0.677. The number of pyridine rings is 1. The third-order valence-electron chi connectivity index (χ3n) is 5.17. The highest BCUT2D eigenvalue weighted by molar-refractivity contribution is 5.94. The van der Waals surface area contributed by atoms with Crippen LogP contribution < -0.4 is 4.90 Å². The first-order valence-corrected chi connectivity index (χ1v) is 9.36. The number of hydrogen-bond acceptors (Lipinski definition) is 6. The number of halogens is 2. The zero-order chi connectivity index (χ0) is 22.1. The Bertz CT molecular complexity index is 1250. The number of benzene rings is 2. The molecule has 4 rings (SSSR count). The van der Waals surface area contributed by atoms with Gasteiger partial charge in [0.15, 0.2) is 11.6 Å². The number of non-ortho nitro benzene ring substituents is 1. The molecule has 2 heterocycles. The number of carbonyl (C=O) groups is 1. The van der Waals surface area contributed by atoms with Crippen molar-refractivity contribution in [3.8, 4) is 6.07 Å². The van der Waals surface area contributed by atoms with E-state index in [1.807, 2.05) is 4.90 Å². The number of fused-ring (bicyclic) bond motifs is 1. The smallest absolute Gasteiger partial charge is 0.270 e. The zero-order valence-electron chi connectivity index (χ0n) is 16.1. The van der Waals surface area contributed by atoms with E-state index in [9.17, 15) is 29.0 Å². The van der Waals surface area contributed by atoms with Gasteiger partial charge >= 0.3 is 0 Å². The van der Waals surface area contributed by atoms with Crippen molar-refractivity contribution in [1.29, 1.82) is 5.26 Å². The Morgan fingerprint density at radius 1 is 1.06 bits per heavy atom. The molecule has 1 aliphatic heterocycles. The summed E-state index contributed by atoms with van der Waals surface area (Å²) in [5.74, 6) is -1.95. The van der Waals surface area contributed by atoms with Crippen LogP contribution >= 0.6 is 0 Å². The number of nitro benzene ring substituents is 1. The lowest BCUT2D eigenvalue weighted by atomic mass is 10.1. The topological polar surface area (TPSA) is 103 Å². The molecule has 0 unspecified atom stereocenters. The molecule has 2 aromatic carbocycles. The van der Waals surface area contributed by atoms with Crippen LogP contribution in [-0.4, -0.2) is 46.9 Å². The lowest BCUT2D eigenvalue weighted by Gasteiger charge is -2.35. The maximum atomic E-state index is 13.4. The number of hydrogen-bond donors (Lipinski definition) is 0. The minimum absolute atomic E-state index is 0.0736. The van der Waals surface area contributed by atoms with Crippen molar-refractivity contribution < 1.29 is 18.5 Å². The molecule has 0 N–H and O–H groups in total. The van der Waals surface area contributed by atoms with Crippen LogP contribution in [0, 0.1) is 33.1 Å². The van der Waals surface area contributed by atoms with Crippen LogP contribution in [0.1, 0.15) is 15.9 Å². The molecule has 0 aliphatic carbocycles. The standard InChI is InChI=1S/C21H15F2N5O3/c22-17-3-1-13(9-18(17)23)21(29)27-7-5-26(6-8-27)20-10-14(12-24)16-11-15(28(30)31)2-4-19(16)25-20/h1-4,9-11H,5-8H2. The highest BCUT2D eigenvalue weighted by Crippen LogP contribution is 2.27. The molecule has 156 valence electrons. The summed E-state index contributed by atoms with van der Waals surface area (Å²) in [4.78, 5) is 31.0. The molecule has 0 radical (unpaired) electrons.